The summed E-state index contributed by atoms with van der Waals surface area (Å²) >= 11 is 8.63. The maximum atomic E-state index is 4.46. The van der Waals surface area contributed by atoms with Gasteiger partial charge in [0.15, 0.2) is 0 Å². The van der Waals surface area contributed by atoms with Crippen LogP contribution in [-0.4, -0.2) is 0 Å². The number of thiophene rings is 1. The van der Waals surface area contributed by atoms with Crippen LogP contribution in [0.25, 0.3) is 10.1 Å². The van der Waals surface area contributed by atoms with Gasteiger partial charge in [0.2, 0.25) is 0 Å². The van der Waals surface area contributed by atoms with Gasteiger partial charge in [-0.15, -0.1) is 24.0 Å². The molecule has 0 N–H and O–H groups in total. The number of halogens is 1. The molecule has 68 valence electrons. The number of benzene rings is 1. The molecule has 3 heteroatoms. The molecule has 0 aliphatic carbocycles. The zero-order chi connectivity index (χ0) is 9.42. The number of hydrogen-bond donors (Lipinski definition) is 1. The molecule has 1 aromatic heterocycles. The fourth-order valence-corrected chi connectivity index (χ4v) is 4.08. The van der Waals surface area contributed by atoms with Gasteiger partial charge in [-0.2, -0.15) is 0 Å². The summed E-state index contributed by atoms with van der Waals surface area (Å²) in [4.78, 5) is 1.11. The highest BCUT2D eigenvalue weighted by Crippen LogP contribution is 2.34. The van der Waals surface area contributed by atoms with E-state index < -0.39 is 0 Å². The molecule has 0 amide bonds. The summed E-state index contributed by atoms with van der Waals surface area (Å²) in [6.45, 7) is 2.19. The molecule has 0 nitrogen and oxygen atoms in total. The first-order valence-electron chi connectivity index (χ1n) is 4.11. The lowest BCUT2D eigenvalue weighted by Gasteiger charge is -2.01. The number of hydrogen-bond acceptors (Lipinski definition) is 2. The van der Waals surface area contributed by atoms with E-state index in [9.17, 15) is 0 Å². The van der Waals surface area contributed by atoms with Crippen LogP contribution in [0.2, 0.25) is 0 Å². The highest BCUT2D eigenvalue weighted by molar-refractivity contribution is 14.1. The number of aryl methyl sites for hydroxylation is 1. The highest BCUT2D eigenvalue weighted by atomic mass is 127. The lowest BCUT2D eigenvalue weighted by molar-refractivity contribution is 1.16. The van der Waals surface area contributed by atoms with Crippen LogP contribution in [0, 0.1) is 3.57 Å². The van der Waals surface area contributed by atoms with Crippen molar-refractivity contribution in [2.45, 2.75) is 18.2 Å². The second kappa shape index (κ2) is 3.79. The Bertz CT molecular complexity index is 445. The molecule has 2 aromatic rings. The van der Waals surface area contributed by atoms with Gasteiger partial charge in [0.25, 0.3) is 0 Å². The molecule has 13 heavy (non-hydrogen) atoms. The topological polar surface area (TPSA) is 0 Å². The molecule has 0 aliphatic rings. The summed E-state index contributed by atoms with van der Waals surface area (Å²) in [5.41, 5.74) is 1.43. The Morgan fingerprint density at radius 3 is 2.92 bits per heavy atom. The van der Waals surface area contributed by atoms with Gasteiger partial charge in [0, 0.05) is 23.9 Å². The predicted molar refractivity (Wildman–Crippen MR) is 71.2 cm³/mol. The number of thiol groups is 1. The van der Waals surface area contributed by atoms with Gasteiger partial charge in [-0.3, -0.25) is 0 Å². The van der Waals surface area contributed by atoms with Crippen LogP contribution in [0.4, 0.5) is 0 Å². The minimum absolute atomic E-state index is 1.10. The molecule has 0 spiro atoms. The van der Waals surface area contributed by atoms with Crippen LogP contribution in [0.5, 0.6) is 0 Å². The van der Waals surface area contributed by atoms with E-state index in [2.05, 4.69) is 59.7 Å². The zero-order valence-electron chi connectivity index (χ0n) is 7.17. The third kappa shape index (κ3) is 1.62. The lowest BCUT2D eigenvalue weighted by Crippen LogP contribution is -1.82. The van der Waals surface area contributed by atoms with Crippen molar-refractivity contribution in [3.63, 3.8) is 0 Å². The van der Waals surface area contributed by atoms with Crippen LogP contribution >= 0.6 is 46.6 Å². The van der Waals surface area contributed by atoms with E-state index in [1.54, 1.807) is 11.3 Å². The molecule has 0 bridgehead atoms. The van der Waals surface area contributed by atoms with E-state index in [0.717, 1.165) is 11.3 Å². The molecule has 0 radical (unpaired) electrons. The fraction of sp³-hybridized carbons (Fsp3) is 0.200. The van der Waals surface area contributed by atoms with Gasteiger partial charge in [-0.05, 0) is 40.6 Å². The number of fused-ring (bicyclic) bond motifs is 1. The van der Waals surface area contributed by atoms with Crippen molar-refractivity contribution in [3.8, 4) is 0 Å². The molecule has 1 aromatic carbocycles. The molecule has 2 rings (SSSR count). The largest absolute Gasteiger partial charge is 0.142 e. The first kappa shape index (κ1) is 9.80. The first-order valence-corrected chi connectivity index (χ1v) is 6.52. The molecule has 0 atom stereocenters. The number of rotatable bonds is 1. The highest BCUT2D eigenvalue weighted by Gasteiger charge is 2.07. The zero-order valence-corrected chi connectivity index (χ0v) is 11.0. The van der Waals surface area contributed by atoms with Crippen LogP contribution in [0.1, 0.15) is 12.5 Å². The Balaban J connectivity index is 2.87. The van der Waals surface area contributed by atoms with Crippen molar-refractivity contribution < 1.29 is 0 Å². The molecule has 0 fully saturated rings. The predicted octanol–water partition coefficient (Wildman–Crippen LogP) is 4.36. The van der Waals surface area contributed by atoms with Crippen molar-refractivity contribution in [2.75, 3.05) is 0 Å². The first-order chi connectivity index (χ1) is 6.24. The molecule has 0 saturated heterocycles. The van der Waals surface area contributed by atoms with Gasteiger partial charge < -0.3 is 0 Å². The molecule has 0 saturated carbocycles. The smallest absolute Gasteiger partial charge is 0.0396 e. The fourth-order valence-electron chi connectivity index (χ4n) is 1.43. The van der Waals surface area contributed by atoms with Crippen LogP contribution in [0.15, 0.2) is 22.4 Å². The van der Waals surface area contributed by atoms with Crippen molar-refractivity contribution in [1.29, 1.82) is 0 Å². The van der Waals surface area contributed by atoms with Crippen LogP contribution in [-0.2, 0) is 6.42 Å². The van der Waals surface area contributed by atoms with E-state index in [1.165, 1.54) is 19.2 Å². The molecule has 1 heterocycles. The van der Waals surface area contributed by atoms with Crippen LogP contribution < -0.4 is 0 Å². The summed E-state index contributed by atoms with van der Waals surface area (Å²) in [5, 5.41) is 3.45. The van der Waals surface area contributed by atoms with Gasteiger partial charge in [0.1, 0.15) is 0 Å². The monoisotopic (exact) mass is 320 g/mol. The summed E-state index contributed by atoms with van der Waals surface area (Å²) in [5.74, 6) is 0. The minimum atomic E-state index is 1.10. The molecular weight excluding hydrogens is 311 g/mol. The normalized spacial score (nSPS) is 11.0. The third-order valence-corrected chi connectivity index (χ3v) is 4.60. The summed E-state index contributed by atoms with van der Waals surface area (Å²) in [7, 11) is 0. The summed E-state index contributed by atoms with van der Waals surface area (Å²) < 4.78 is 2.70. The summed E-state index contributed by atoms with van der Waals surface area (Å²) in [6, 6.07) is 4.39. The van der Waals surface area contributed by atoms with E-state index in [1.807, 2.05) is 0 Å². The molecule has 0 aliphatic heterocycles. The molecule has 0 unspecified atom stereocenters. The minimum Gasteiger partial charge on any atom is -0.142 e. The Hall–Kier alpha value is 0.260. The Morgan fingerprint density at radius 1 is 1.46 bits per heavy atom. The van der Waals surface area contributed by atoms with Gasteiger partial charge in [-0.25, -0.2) is 0 Å². The molecular formula is C10H9IS2. The van der Waals surface area contributed by atoms with E-state index >= 15 is 0 Å². The lowest BCUT2D eigenvalue weighted by atomic mass is 10.1. The average molecular weight is 320 g/mol. The summed E-state index contributed by atoms with van der Waals surface area (Å²) in [6.07, 6.45) is 1.10. The van der Waals surface area contributed by atoms with E-state index in [0.29, 0.717) is 0 Å². The second-order valence-electron chi connectivity index (χ2n) is 2.89. The van der Waals surface area contributed by atoms with Crippen molar-refractivity contribution >= 4 is 56.6 Å². The van der Waals surface area contributed by atoms with Crippen molar-refractivity contribution in [2.24, 2.45) is 0 Å². The Morgan fingerprint density at radius 2 is 2.23 bits per heavy atom. The Labute approximate surface area is 101 Å². The maximum absolute atomic E-state index is 4.46. The van der Waals surface area contributed by atoms with E-state index in [4.69, 9.17) is 0 Å². The van der Waals surface area contributed by atoms with Gasteiger partial charge >= 0.3 is 0 Å². The van der Waals surface area contributed by atoms with Gasteiger partial charge in [0.05, 0.1) is 0 Å². The second-order valence-corrected chi connectivity index (χ2v) is 5.41. The third-order valence-electron chi connectivity index (χ3n) is 2.11. The van der Waals surface area contributed by atoms with Crippen LogP contribution in [0.3, 0.4) is 0 Å². The standard InChI is InChI=1S/C10H9IS2/c1-2-6-3-4-7(11)9-8(12)5-13-10(6)9/h3-5,12H,2H2,1H3. The average Bonchev–Trinajstić information content (AvgIpc) is 2.50. The quantitative estimate of drug-likeness (QED) is 0.586. The van der Waals surface area contributed by atoms with E-state index in [-0.39, 0.29) is 0 Å². The van der Waals surface area contributed by atoms with Crippen molar-refractivity contribution in [3.05, 3.63) is 26.6 Å². The Kier molecular flexibility index (Phi) is 2.86. The SMILES string of the molecule is CCc1ccc(I)c2c(S)csc12. The maximum Gasteiger partial charge on any atom is 0.0396 e. The van der Waals surface area contributed by atoms with Gasteiger partial charge in [-0.1, -0.05) is 13.0 Å². The van der Waals surface area contributed by atoms with Crippen molar-refractivity contribution in [1.82, 2.24) is 0 Å².